The summed E-state index contributed by atoms with van der Waals surface area (Å²) in [5.74, 6) is -4.67. The fourth-order valence-corrected chi connectivity index (χ4v) is 7.38. The predicted octanol–water partition coefficient (Wildman–Crippen LogP) is 11.3. The van der Waals surface area contributed by atoms with Gasteiger partial charge in [-0.25, -0.2) is 0 Å². The second-order valence-electron chi connectivity index (χ2n) is 17.5. The topological polar surface area (TPSA) is 186 Å². The molecule has 360 valence electrons. The van der Waals surface area contributed by atoms with Gasteiger partial charge in [-0.05, 0) is 25.7 Å². The lowest BCUT2D eigenvalue weighted by Gasteiger charge is -2.30. The summed E-state index contributed by atoms with van der Waals surface area (Å²) in [6.45, 7) is 8.60. The summed E-state index contributed by atoms with van der Waals surface area (Å²) in [6.07, 6.45) is 19.3. The van der Waals surface area contributed by atoms with E-state index in [-0.39, 0.29) is 25.7 Å². The lowest BCUT2D eigenvalue weighted by molar-refractivity contribution is -0.432. The van der Waals surface area contributed by atoms with E-state index in [1.165, 1.54) is 25.7 Å². The highest BCUT2D eigenvalue weighted by molar-refractivity contribution is 5.76. The average Bonchev–Trinajstić information content (AvgIpc) is 3.19. The first-order chi connectivity index (χ1) is 29.4. The van der Waals surface area contributed by atoms with E-state index in [0.29, 0.717) is 25.7 Å². The third-order valence-corrected chi connectivity index (χ3v) is 11.1. The third-order valence-electron chi connectivity index (χ3n) is 11.1. The van der Waals surface area contributed by atoms with Crippen molar-refractivity contribution in [2.75, 3.05) is 0 Å². The van der Waals surface area contributed by atoms with Gasteiger partial charge in [-0.1, -0.05) is 207 Å². The van der Waals surface area contributed by atoms with E-state index in [9.17, 15) is 39.6 Å². The maximum absolute atomic E-state index is 13.4. The lowest BCUT2D eigenvalue weighted by atomic mass is 10.0. The Morgan fingerprint density at radius 3 is 0.656 bits per heavy atom. The van der Waals surface area contributed by atoms with Crippen LogP contribution in [0.25, 0.3) is 0 Å². The van der Waals surface area contributed by atoms with Crippen LogP contribution in [0.2, 0.25) is 0 Å². The van der Waals surface area contributed by atoms with E-state index < -0.39 is 80.1 Å². The van der Waals surface area contributed by atoms with Crippen LogP contribution in [0.15, 0.2) is 0 Å². The molecule has 12 nitrogen and oxygen atoms in total. The van der Waals surface area contributed by atoms with E-state index >= 15 is 0 Å². The van der Waals surface area contributed by atoms with Crippen LogP contribution in [-0.4, -0.2) is 74.9 Å². The zero-order valence-electron chi connectivity index (χ0n) is 39.3. The maximum atomic E-state index is 13.4. The number of unbranched alkanes of at least 4 members (excludes halogenated alkanes) is 24. The molecule has 0 rings (SSSR count). The van der Waals surface area contributed by atoms with Crippen molar-refractivity contribution in [1.29, 1.82) is 0 Å². The molecule has 0 saturated carbocycles. The SMILES string of the molecule is CCCCCCCCCC(O)CC(=O)OC(OC(=O)CC(O)CCCCCCCCC)(OC(=O)CC(O)CCCCCCCCC)OC(=O)CC(O)CCCCCCCCC. The van der Waals surface area contributed by atoms with Gasteiger partial charge < -0.3 is 39.4 Å². The summed E-state index contributed by atoms with van der Waals surface area (Å²) in [4.78, 5) is 53.6. The molecule has 0 fully saturated rings. The van der Waals surface area contributed by atoms with Gasteiger partial charge in [-0.2, -0.15) is 0 Å². The number of aliphatic hydroxyl groups excluding tert-OH is 4. The number of aliphatic hydroxyl groups is 4. The molecule has 0 aromatic carbocycles. The molecule has 0 bridgehead atoms. The zero-order chi connectivity index (χ0) is 45.4. The van der Waals surface area contributed by atoms with Crippen LogP contribution in [0.3, 0.4) is 0 Å². The number of carbonyl (C=O) groups is 4. The molecular formula is C49H92O12. The smallest absolute Gasteiger partial charge is 0.393 e. The Morgan fingerprint density at radius 1 is 0.311 bits per heavy atom. The van der Waals surface area contributed by atoms with Crippen molar-refractivity contribution < 1.29 is 58.6 Å². The molecular weight excluding hydrogens is 781 g/mol. The van der Waals surface area contributed by atoms with Crippen LogP contribution in [0.1, 0.15) is 259 Å². The Hall–Kier alpha value is -2.28. The van der Waals surface area contributed by atoms with Gasteiger partial charge in [-0.3, -0.25) is 19.2 Å². The molecule has 12 heteroatoms. The van der Waals surface area contributed by atoms with Crippen molar-refractivity contribution >= 4 is 23.9 Å². The van der Waals surface area contributed by atoms with Crippen molar-refractivity contribution in [3.63, 3.8) is 0 Å². The van der Waals surface area contributed by atoms with Crippen LogP contribution in [-0.2, 0) is 38.1 Å². The molecule has 0 aliphatic rings. The predicted molar refractivity (Wildman–Crippen MR) is 240 cm³/mol. The minimum absolute atomic E-state index is 0.287. The number of hydrogen-bond donors (Lipinski definition) is 4. The van der Waals surface area contributed by atoms with E-state index in [1.807, 2.05) is 0 Å². The highest BCUT2D eigenvalue weighted by Gasteiger charge is 2.50. The van der Waals surface area contributed by atoms with Gasteiger partial charge in [0.05, 0.1) is 50.1 Å². The van der Waals surface area contributed by atoms with Crippen molar-refractivity contribution in [2.45, 2.75) is 289 Å². The molecule has 4 atom stereocenters. The van der Waals surface area contributed by atoms with E-state index in [0.717, 1.165) is 128 Å². The Labute approximate surface area is 371 Å². The summed E-state index contributed by atoms with van der Waals surface area (Å²) >= 11 is 0. The quantitative estimate of drug-likeness (QED) is 0.0258. The minimum atomic E-state index is -3.35. The molecule has 4 N–H and O–H groups in total. The van der Waals surface area contributed by atoms with Gasteiger partial charge in [-0.15, -0.1) is 0 Å². The highest BCUT2D eigenvalue weighted by Crippen LogP contribution is 2.26. The van der Waals surface area contributed by atoms with Crippen LogP contribution >= 0.6 is 0 Å². The van der Waals surface area contributed by atoms with E-state index in [1.54, 1.807) is 0 Å². The Kier molecular flexibility index (Phi) is 39.0. The first-order valence-electron chi connectivity index (χ1n) is 25.0. The van der Waals surface area contributed by atoms with Gasteiger partial charge in [0.1, 0.15) is 0 Å². The Balaban J connectivity index is 6.01. The summed E-state index contributed by atoms with van der Waals surface area (Å²) in [5.41, 5.74) is 0. The van der Waals surface area contributed by atoms with Gasteiger partial charge in [0.25, 0.3) is 0 Å². The molecule has 0 aromatic heterocycles. The fourth-order valence-electron chi connectivity index (χ4n) is 7.38. The fraction of sp³-hybridized carbons (Fsp3) is 0.918. The van der Waals surface area contributed by atoms with Crippen LogP contribution < -0.4 is 0 Å². The molecule has 0 aliphatic heterocycles. The first kappa shape index (κ1) is 58.7. The first-order valence-corrected chi connectivity index (χ1v) is 25.0. The van der Waals surface area contributed by atoms with Gasteiger partial charge in [0, 0.05) is 0 Å². The van der Waals surface area contributed by atoms with E-state index in [4.69, 9.17) is 18.9 Å². The maximum Gasteiger partial charge on any atom is 0.619 e. The van der Waals surface area contributed by atoms with Gasteiger partial charge in [0.15, 0.2) is 0 Å². The Bertz CT molecular complexity index is 903. The average molecular weight is 873 g/mol. The summed E-state index contributed by atoms with van der Waals surface area (Å²) in [7, 11) is 0. The highest BCUT2D eigenvalue weighted by atomic mass is 17.0. The van der Waals surface area contributed by atoms with Crippen molar-refractivity contribution in [3.05, 3.63) is 0 Å². The number of ether oxygens (including phenoxy) is 4. The molecule has 0 heterocycles. The number of carbonyl (C=O) groups excluding carboxylic acids is 4. The number of esters is 4. The normalized spacial score (nSPS) is 14.4. The van der Waals surface area contributed by atoms with Crippen molar-refractivity contribution in [1.82, 2.24) is 0 Å². The molecule has 0 saturated heterocycles. The molecule has 0 spiro atoms. The monoisotopic (exact) mass is 873 g/mol. The second kappa shape index (κ2) is 40.5. The standard InChI is InChI=1S/C49H92O12/c1-5-9-13-17-21-25-29-33-41(50)37-45(54)58-49(59-46(55)38-42(51)34-30-26-22-18-14-10-6-2,60-47(56)39-43(52)35-31-27-23-19-15-11-7-3)61-48(57)40-44(53)36-32-28-24-20-16-12-8-4/h41-44,50-53H,5-40H2,1-4H3. The van der Waals surface area contributed by atoms with Crippen LogP contribution in [0.4, 0.5) is 0 Å². The van der Waals surface area contributed by atoms with Crippen molar-refractivity contribution in [3.8, 4) is 0 Å². The molecule has 0 aromatic rings. The molecule has 0 aliphatic carbocycles. The summed E-state index contributed by atoms with van der Waals surface area (Å²) < 4.78 is 21.6. The Morgan fingerprint density at radius 2 is 0.475 bits per heavy atom. The van der Waals surface area contributed by atoms with Crippen LogP contribution in [0.5, 0.6) is 0 Å². The van der Waals surface area contributed by atoms with Gasteiger partial charge >= 0.3 is 30.0 Å². The molecule has 4 unspecified atom stereocenters. The third kappa shape index (κ3) is 36.9. The largest absolute Gasteiger partial charge is 0.619 e. The second-order valence-corrected chi connectivity index (χ2v) is 17.5. The van der Waals surface area contributed by atoms with E-state index in [2.05, 4.69) is 27.7 Å². The molecule has 0 radical (unpaired) electrons. The number of hydrogen-bond acceptors (Lipinski definition) is 12. The van der Waals surface area contributed by atoms with Crippen LogP contribution in [0, 0.1) is 0 Å². The summed E-state index contributed by atoms with van der Waals surface area (Å²) in [6, 6.07) is 0. The lowest BCUT2D eigenvalue weighted by Crippen LogP contribution is -2.49. The zero-order valence-corrected chi connectivity index (χ0v) is 39.3. The molecule has 61 heavy (non-hydrogen) atoms. The number of rotatable bonds is 44. The summed E-state index contributed by atoms with van der Waals surface area (Å²) in [5, 5.41) is 42.9. The minimum Gasteiger partial charge on any atom is -0.393 e. The molecule has 0 amide bonds. The van der Waals surface area contributed by atoms with Crippen molar-refractivity contribution in [2.24, 2.45) is 0 Å². The van der Waals surface area contributed by atoms with Gasteiger partial charge in [0.2, 0.25) is 0 Å².